The van der Waals surface area contributed by atoms with Gasteiger partial charge in [0.2, 0.25) is 0 Å². The van der Waals surface area contributed by atoms with Crippen LogP contribution in [0.15, 0.2) is 92.0 Å². The SMILES string of the molecule is CNc1ccnc(-c2cc(NC)ccn2)c1.COc1ccnc(-c2cc(OC)ccn2)c1.Cn1ccnc1.[Cl][Os]. The summed E-state index contributed by atoms with van der Waals surface area (Å²) in [6.45, 7) is 0. The molecule has 0 spiro atoms. The molecule has 0 aliphatic rings. The number of hydrogen-bond donors (Lipinski definition) is 2. The fourth-order valence-electron chi connectivity index (χ4n) is 3.13. The Bertz CT molecular complexity index is 1220. The van der Waals surface area contributed by atoms with Gasteiger partial charge in [-0.25, -0.2) is 4.98 Å². The van der Waals surface area contributed by atoms with E-state index in [9.17, 15) is 0 Å². The molecule has 5 heterocycles. The van der Waals surface area contributed by atoms with Gasteiger partial charge in [-0.15, -0.1) is 0 Å². The first-order valence-corrected chi connectivity index (χ1v) is 15.0. The zero-order valence-corrected chi connectivity index (χ0v) is 26.2. The van der Waals surface area contributed by atoms with Gasteiger partial charge in [0.25, 0.3) is 0 Å². The maximum absolute atomic E-state index is 5.13. The van der Waals surface area contributed by atoms with E-state index in [-0.39, 0.29) is 0 Å². The third-order valence-electron chi connectivity index (χ3n) is 5.19. The molecule has 0 radical (unpaired) electrons. The standard InChI is InChI=1S/C12H14N4.C12H12N2O2.C4H6N2.ClH.Os/c1-13-9-3-5-15-11(7-9)12-8-10(14-2)4-6-16-12;1-15-9-3-5-13-11(7-9)12-8-10(16-2)4-6-14-12;1-6-3-2-5-4-6;;/h3-8H,1-2H3,(H,13,15)(H,14,16);3-8H,1-2H3;2-4H,1H3;1H;/q;;;;+1/p-1. The van der Waals surface area contributed by atoms with Crippen LogP contribution in [0.3, 0.4) is 0 Å². The first-order chi connectivity index (χ1) is 19.6. The molecule has 40 heavy (non-hydrogen) atoms. The number of imidazole rings is 1. The number of hydrogen-bond acceptors (Lipinski definition) is 9. The molecular weight excluding hydrogens is 706 g/mol. The van der Waals surface area contributed by atoms with Crippen LogP contribution >= 0.6 is 9.64 Å². The van der Waals surface area contributed by atoms with Crippen molar-refractivity contribution in [2.75, 3.05) is 38.9 Å². The Kier molecular flexibility index (Phi) is 14.7. The Morgan fingerprint density at radius 2 is 1.05 bits per heavy atom. The van der Waals surface area contributed by atoms with Gasteiger partial charge >= 0.3 is 27.2 Å². The average Bonchev–Trinajstić information content (AvgIpc) is 3.53. The molecule has 10 nitrogen and oxygen atoms in total. The number of aryl methyl sites for hydroxylation is 1. The number of pyridine rings is 4. The topological polar surface area (TPSA) is 112 Å². The predicted octanol–water partition coefficient (Wildman–Crippen LogP) is 5.49. The van der Waals surface area contributed by atoms with Crippen LogP contribution in [-0.2, 0) is 24.6 Å². The van der Waals surface area contributed by atoms with Crippen LogP contribution in [0, 0.1) is 0 Å². The van der Waals surface area contributed by atoms with E-state index >= 15 is 0 Å². The minimum absolute atomic E-state index is 0.759. The molecule has 0 atom stereocenters. The number of methoxy groups -OCH3 is 2. The van der Waals surface area contributed by atoms with Crippen molar-refractivity contribution in [1.82, 2.24) is 29.5 Å². The summed E-state index contributed by atoms with van der Waals surface area (Å²) in [5, 5.41) is 6.16. The van der Waals surface area contributed by atoms with E-state index < -0.39 is 0 Å². The molecule has 5 aromatic heterocycles. The van der Waals surface area contributed by atoms with Crippen LogP contribution in [0.1, 0.15) is 0 Å². The van der Waals surface area contributed by atoms with Gasteiger partial charge in [-0.3, -0.25) is 19.9 Å². The molecule has 0 bridgehead atoms. The zero-order chi connectivity index (χ0) is 29.2. The van der Waals surface area contributed by atoms with Gasteiger partial charge in [-0.05, 0) is 36.4 Å². The van der Waals surface area contributed by atoms with Crippen molar-refractivity contribution >= 4 is 21.0 Å². The van der Waals surface area contributed by atoms with E-state index in [1.54, 1.807) is 63.7 Å². The molecule has 0 saturated carbocycles. The van der Waals surface area contributed by atoms with Crippen molar-refractivity contribution in [3.63, 3.8) is 0 Å². The molecule has 0 aliphatic carbocycles. The number of ether oxygens (including phenoxy) is 2. The fourth-order valence-corrected chi connectivity index (χ4v) is 3.13. The van der Waals surface area contributed by atoms with Crippen LogP contribution in [0.25, 0.3) is 22.8 Å². The van der Waals surface area contributed by atoms with Crippen molar-refractivity contribution in [3.05, 3.63) is 92.0 Å². The van der Waals surface area contributed by atoms with Gasteiger partial charge in [0, 0.05) is 81.8 Å². The number of nitrogens with zero attached hydrogens (tertiary/aromatic N) is 6. The minimum atomic E-state index is 0.759. The van der Waals surface area contributed by atoms with Gasteiger partial charge < -0.3 is 24.7 Å². The summed E-state index contributed by atoms with van der Waals surface area (Å²) < 4.78 is 12.2. The van der Waals surface area contributed by atoms with Crippen LogP contribution < -0.4 is 20.1 Å². The van der Waals surface area contributed by atoms with Crippen LogP contribution in [0.2, 0.25) is 0 Å². The molecule has 0 unspecified atom stereocenters. The number of nitrogens with one attached hydrogen (secondary N) is 2. The molecule has 0 aliphatic heterocycles. The van der Waals surface area contributed by atoms with Gasteiger partial charge in [0.1, 0.15) is 11.5 Å². The summed E-state index contributed by atoms with van der Waals surface area (Å²) in [5.41, 5.74) is 5.31. The quantitative estimate of drug-likeness (QED) is 0.234. The van der Waals surface area contributed by atoms with Gasteiger partial charge in [-0.2, -0.15) is 0 Å². The third-order valence-corrected chi connectivity index (χ3v) is 5.19. The summed E-state index contributed by atoms with van der Waals surface area (Å²) in [4.78, 5) is 20.9. The third kappa shape index (κ3) is 10.6. The van der Waals surface area contributed by atoms with Crippen molar-refractivity contribution in [2.24, 2.45) is 7.05 Å². The van der Waals surface area contributed by atoms with Gasteiger partial charge in [0.15, 0.2) is 0 Å². The Morgan fingerprint density at radius 3 is 1.35 bits per heavy atom. The summed E-state index contributed by atoms with van der Waals surface area (Å²) in [5.74, 6) is 1.52. The number of aromatic nitrogens is 6. The Morgan fingerprint density at radius 1 is 0.650 bits per heavy atom. The Labute approximate surface area is 249 Å². The van der Waals surface area contributed by atoms with Crippen LogP contribution in [0.5, 0.6) is 11.5 Å². The number of halogens is 1. The molecule has 0 aromatic carbocycles. The van der Waals surface area contributed by atoms with Crippen LogP contribution in [-0.4, -0.2) is 57.8 Å². The van der Waals surface area contributed by atoms with E-state index in [1.165, 1.54) is 17.6 Å². The van der Waals surface area contributed by atoms with E-state index in [2.05, 4.69) is 45.2 Å². The molecular formula is C28H32ClN8O2Os. The summed E-state index contributed by atoms with van der Waals surface area (Å²) in [6, 6.07) is 15.1. The second kappa shape index (κ2) is 18.3. The molecule has 0 fully saturated rings. The summed E-state index contributed by atoms with van der Waals surface area (Å²) >= 11 is 1.33. The number of anilines is 2. The van der Waals surface area contributed by atoms with Crippen molar-refractivity contribution in [1.29, 1.82) is 0 Å². The van der Waals surface area contributed by atoms with Crippen LogP contribution in [0.4, 0.5) is 11.4 Å². The Balaban J connectivity index is 0.000000221. The zero-order valence-electron chi connectivity index (χ0n) is 22.9. The molecule has 211 valence electrons. The van der Waals surface area contributed by atoms with Gasteiger partial charge in [0.05, 0.1) is 43.3 Å². The summed E-state index contributed by atoms with van der Waals surface area (Å²) in [7, 11) is 13.6. The first-order valence-electron chi connectivity index (χ1n) is 11.9. The van der Waals surface area contributed by atoms with Crippen molar-refractivity contribution < 1.29 is 27.1 Å². The van der Waals surface area contributed by atoms with Crippen molar-refractivity contribution in [2.45, 2.75) is 0 Å². The fraction of sp³-hybridized carbons (Fsp3) is 0.179. The molecule has 2 N–H and O–H groups in total. The molecule has 0 saturated heterocycles. The molecule has 12 heteroatoms. The first kappa shape index (κ1) is 32.2. The van der Waals surface area contributed by atoms with E-state index in [4.69, 9.17) is 9.47 Å². The second-order valence-electron chi connectivity index (χ2n) is 7.75. The number of rotatable bonds is 6. The van der Waals surface area contributed by atoms with Crippen molar-refractivity contribution in [3.8, 4) is 34.3 Å². The normalized spacial score (nSPS) is 9.38. The van der Waals surface area contributed by atoms with E-state index in [0.717, 1.165) is 45.6 Å². The Hall–Kier alpha value is -4.06. The maximum atomic E-state index is 5.13. The van der Waals surface area contributed by atoms with Gasteiger partial charge in [-0.1, -0.05) is 0 Å². The summed E-state index contributed by atoms with van der Waals surface area (Å²) in [6.07, 6.45) is 12.3. The monoisotopic (exact) mass is 739 g/mol. The average molecular weight is 738 g/mol. The second-order valence-corrected chi connectivity index (χ2v) is 7.75. The predicted molar refractivity (Wildman–Crippen MR) is 156 cm³/mol. The molecule has 5 rings (SSSR count). The van der Waals surface area contributed by atoms with E-state index in [1.807, 2.05) is 68.3 Å². The van der Waals surface area contributed by atoms with E-state index in [0.29, 0.717) is 0 Å². The molecule has 0 amide bonds. The molecule has 5 aromatic rings.